The van der Waals surface area contributed by atoms with Crippen molar-refractivity contribution < 1.29 is 19.0 Å². The van der Waals surface area contributed by atoms with Crippen LogP contribution in [0, 0.1) is 5.82 Å². The summed E-state index contributed by atoms with van der Waals surface area (Å²) in [7, 11) is 0. The molecule has 0 atom stereocenters. The number of carboxylic acids is 1. The number of aryl methyl sites for hydroxylation is 2. The van der Waals surface area contributed by atoms with Crippen LogP contribution in [0.2, 0.25) is 0 Å². The predicted molar refractivity (Wildman–Crippen MR) is 104 cm³/mol. The van der Waals surface area contributed by atoms with Gasteiger partial charge in [0.15, 0.2) is 0 Å². The molecule has 0 aliphatic carbocycles. The van der Waals surface area contributed by atoms with Gasteiger partial charge in [0, 0.05) is 19.5 Å². The van der Waals surface area contributed by atoms with E-state index in [0.29, 0.717) is 5.56 Å². The number of hydrogen-bond donors (Lipinski definition) is 1. The van der Waals surface area contributed by atoms with Crippen molar-refractivity contribution in [2.45, 2.75) is 45.6 Å². The molecule has 2 aromatic carbocycles. The molecule has 0 saturated carbocycles. The van der Waals surface area contributed by atoms with Gasteiger partial charge in [-0.3, -0.25) is 4.79 Å². The van der Waals surface area contributed by atoms with E-state index in [1.165, 1.54) is 17.3 Å². The molecule has 1 aliphatic heterocycles. The van der Waals surface area contributed by atoms with Crippen LogP contribution in [0.3, 0.4) is 0 Å². The fourth-order valence-corrected chi connectivity index (χ4v) is 3.60. The minimum Gasteiger partial charge on any atom is -0.487 e. The highest BCUT2D eigenvalue weighted by Crippen LogP contribution is 2.36. The van der Waals surface area contributed by atoms with E-state index in [1.807, 2.05) is 12.1 Å². The Kier molecular flexibility index (Phi) is 6.32. The number of fused-ring (bicyclic) bond motifs is 1. The van der Waals surface area contributed by atoms with Crippen LogP contribution in [-0.4, -0.2) is 24.2 Å². The van der Waals surface area contributed by atoms with E-state index in [1.54, 1.807) is 12.1 Å². The van der Waals surface area contributed by atoms with Gasteiger partial charge in [0.25, 0.3) is 0 Å². The van der Waals surface area contributed by atoms with Crippen LogP contribution in [0.25, 0.3) is 0 Å². The second kappa shape index (κ2) is 8.89. The second-order valence-electron chi connectivity index (χ2n) is 6.96. The van der Waals surface area contributed by atoms with Gasteiger partial charge in [0.1, 0.15) is 18.2 Å². The molecular formula is C22H26FNO3. The zero-order chi connectivity index (χ0) is 19.2. The lowest BCUT2D eigenvalue weighted by Gasteiger charge is -2.32. The molecule has 0 amide bonds. The van der Waals surface area contributed by atoms with Crippen molar-refractivity contribution in [2.24, 2.45) is 0 Å². The van der Waals surface area contributed by atoms with Crippen LogP contribution >= 0.6 is 0 Å². The molecular weight excluding hydrogens is 345 g/mol. The van der Waals surface area contributed by atoms with Gasteiger partial charge in [0.05, 0.1) is 5.69 Å². The van der Waals surface area contributed by atoms with Crippen molar-refractivity contribution in [3.05, 3.63) is 58.9 Å². The van der Waals surface area contributed by atoms with Gasteiger partial charge in [-0.05, 0) is 54.5 Å². The Labute approximate surface area is 159 Å². The third-order valence-corrected chi connectivity index (χ3v) is 4.89. The molecule has 1 heterocycles. The number of nitrogens with zero attached hydrogens (tertiary/aromatic N) is 1. The second-order valence-corrected chi connectivity index (χ2v) is 6.96. The number of rotatable bonds is 8. The molecule has 1 N–H and O–H groups in total. The Morgan fingerprint density at radius 3 is 2.89 bits per heavy atom. The van der Waals surface area contributed by atoms with Gasteiger partial charge in [-0.15, -0.1) is 0 Å². The fraction of sp³-hybridized carbons (Fsp3) is 0.409. The maximum absolute atomic E-state index is 14.2. The summed E-state index contributed by atoms with van der Waals surface area (Å²) in [5.74, 6) is -0.455. The van der Waals surface area contributed by atoms with Crippen LogP contribution in [0.15, 0.2) is 36.4 Å². The van der Waals surface area contributed by atoms with Crippen molar-refractivity contribution >= 4 is 11.7 Å². The number of ether oxygens (including phenoxy) is 1. The van der Waals surface area contributed by atoms with E-state index in [0.717, 1.165) is 43.7 Å². The smallest absolute Gasteiger partial charge is 0.303 e. The standard InChI is InChI=1S/C22H26FNO3/c1-2-12-24-13-4-6-18-5-3-7-20(22(18)24)27-15-16-8-9-17(19(23)14-16)10-11-21(25)26/h3,5,7-9,14H,2,4,6,10-13,15H2,1H3,(H,25,26). The Morgan fingerprint density at radius 2 is 2.15 bits per heavy atom. The van der Waals surface area contributed by atoms with E-state index in [-0.39, 0.29) is 25.3 Å². The highest BCUT2D eigenvalue weighted by molar-refractivity contribution is 5.67. The summed E-state index contributed by atoms with van der Waals surface area (Å²) in [5, 5.41) is 8.74. The lowest BCUT2D eigenvalue weighted by Crippen LogP contribution is -2.30. The van der Waals surface area contributed by atoms with Gasteiger partial charge < -0.3 is 14.7 Å². The normalized spacial score (nSPS) is 13.3. The summed E-state index contributed by atoms with van der Waals surface area (Å²) >= 11 is 0. The third-order valence-electron chi connectivity index (χ3n) is 4.89. The Morgan fingerprint density at radius 1 is 1.30 bits per heavy atom. The third kappa shape index (κ3) is 4.79. The van der Waals surface area contributed by atoms with E-state index < -0.39 is 5.97 Å². The first-order valence-corrected chi connectivity index (χ1v) is 9.57. The van der Waals surface area contributed by atoms with Gasteiger partial charge in [-0.1, -0.05) is 31.2 Å². The molecule has 0 fully saturated rings. The SMILES string of the molecule is CCCN1CCCc2cccc(OCc3ccc(CCC(=O)O)c(F)c3)c21. The molecule has 0 unspecified atom stereocenters. The van der Waals surface area contributed by atoms with Gasteiger partial charge in [-0.25, -0.2) is 4.39 Å². The molecule has 5 heteroatoms. The molecule has 27 heavy (non-hydrogen) atoms. The van der Waals surface area contributed by atoms with E-state index in [2.05, 4.69) is 17.9 Å². The zero-order valence-electron chi connectivity index (χ0n) is 15.7. The van der Waals surface area contributed by atoms with Crippen molar-refractivity contribution in [3.8, 4) is 5.75 Å². The van der Waals surface area contributed by atoms with Gasteiger partial charge in [-0.2, -0.15) is 0 Å². The number of carboxylic acid groups (broad SMARTS) is 1. The first-order valence-electron chi connectivity index (χ1n) is 9.57. The molecule has 3 rings (SSSR count). The average Bonchev–Trinajstić information content (AvgIpc) is 2.66. The maximum Gasteiger partial charge on any atom is 0.303 e. The monoisotopic (exact) mass is 371 g/mol. The molecule has 0 spiro atoms. The summed E-state index contributed by atoms with van der Waals surface area (Å²) in [6, 6.07) is 11.0. The number of aliphatic carboxylic acids is 1. The summed E-state index contributed by atoms with van der Waals surface area (Å²) in [5.41, 5.74) is 3.64. The average molecular weight is 371 g/mol. The molecule has 0 saturated heterocycles. The fourth-order valence-electron chi connectivity index (χ4n) is 3.60. The van der Waals surface area contributed by atoms with Crippen molar-refractivity contribution in [1.82, 2.24) is 0 Å². The number of halogens is 1. The van der Waals surface area contributed by atoms with Crippen molar-refractivity contribution in [2.75, 3.05) is 18.0 Å². The number of benzene rings is 2. The van der Waals surface area contributed by atoms with E-state index in [9.17, 15) is 9.18 Å². The summed E-state index contributed by atoms with van der Waals surface area (Å²) < 4.78 is 20.3. The zero-order valence-corrected chi connectivity index (χ0v) is 15.7. The number of anilines is 1. The van der Waals surface area contributed by atoms with E-state index >= 15 is 0 Å². The van der Waals surface area contributed by atoms with Crippen LogP contribution in [0.1, 0.15) is 42.9 Å². The molecule has 4 nitrogen and oxygen atoms in total. The van der Waals surface area contributed by atoms with Gasteiger partial charge in [0.2, 0.25) is 0 Å². The lowest BCUT2D eigenvalue weighted by molar-refractivity contribution is -0.136. The summed E-state index contributed by atoms with van der Waals surface area (Å²) in [6.45, 7) is 4.49. The minimum absolute atomic E-state index is 0.0732. The number of carbonyl (C=O) groups is 1. The highest BCUT2D eigenvalue weighted by Gasteiger charge is 2.20. The number of hydrogen-bond acceptors (Lipinski definition) is 3. The number of para-hydroxylation sites is 1. The van der Waals surface area contributed by atoms with Crippen LogP contribution in [0.5, 0.6) is 5.75 Å². The quantitative estimate of drug-likeness (QED) is 0.738. The van der Waals surface area contributed by atoms with E-state index in [4.69, 9.17) is 9.84 Å². The topological polar surface area (TPSA) is 49.8 Å². The largest absolute Gasteiger partial charge is 0.487 e. The van der Waals surface area contributed by atoms with Crippen LogP contribution < -0.4 is 9.64 Å². The first-order chi connectivity index (χ1) is 13.1. The Hall–Kier alpha value is -2.56. The molecule has 0 bridgehead atoms. The molecule has 0 aromatic heterocycles. The highest BCUT2D eigenvalue weighted by atomic mass is 19.1. The molecule has 2 aromatic rings. The van der Waals surface area contributed by atoms with Crippen molar-refractivity contribution in [1.29, 1.82) is 0 Å². The molecule has 1 aliphatic rings. The summed E-state index contributed by atoms with van der Waals surface area (Å²) in [4.78, 5) is 13.0. The predicted octanol–water partition coefficient (Wildman–Crippen LogP) is 4.58. The van der Waals surface area contributed by atoms with Gasteiger partial charge >= 0.3 is 5.97 Å². The molecule has 0 radical (unpaired) electrons. The minimum atomic E-state index is -0.924. The molecule has 144 valence electrons. The van der Waals surface area contributed by atoms with Crippen LogP contribution in [0.4, 0.5) is 10.1 Å². The maximum atomic E-state index is 14.2. The summed E-state index contributed by atoms with van der Waals surface area (Å²) in [6.07, 6.45) is 3.41. The lowest BCUT2D eigenvalue weighted by atomic mass is 10.0. The first kappa shape index (κ1) is 19.2. The van der Waals surface area contributed by atoms with Crippen LogP contribution in [-0.2, 0) is 24.2 Å². The Balaban J connectivity index is 1.72. The van der Waals surface area contributed by atoms with Crippen molar-refractivity contribution in [3.63, 3.8) is 0 Å². The Bertz CT molecular complexity index is 806.